The van der Waals surface area contributed by atoms with Crippen molar-refractivity contribution in [1.82, 2.24) is 0 Å². The quantitative estimate of drug-likeness (QED) is 0.191. The topological polar surface area (TPSA) is 38.7 Å². The molecule has 1 aliphatic heterocycles. The summed E-state index contributed by atoms with van der Waals surface area (Å²) in [6.45, 7) is 5.24. The first-order valence-corrected chi connectivity index (χ1v) is 13.3. The highest BCUT2D eigenvalue weighted by atomic mass is 79.9. The van der Waals surface area contributed by atoms with Gasteiger partial charge in [-0.15, -0.1) is 0 Å². The van der Waals surface area contributed by atoms with Gasteiger partial charge in [0.1, 0.15) is 12.6 Å². The largest absolute Gasteiger partial charge is 1.00 e. The summed E-state index contributed by atoms with van der Waals surface area (Å²) >= 11 is 0. The van der Waals surface area contributed by atoms with E-state index in [2.05, 4.69) is 21.0 Å². The molecule has 0 bridgehead atoms. The van der Waals surface area contributed by atoms with Crippen LogP contribution in [-0.4, -0.2) is 62.4 Å². The van der Waals surface area contributed by atoms with Gasteiger partial charge in [-0.1, -0.05) is 96.8 Å². The van der Waals surface area contributed by atoms with E-state index < -0.39 is 0 Å². The average molecular weight is 509 g/mol. The lowest BCUT2D eigenvalue weighted by atomic mass is 10.0. The first-order valence-electron chi connectivity index (χ1n) is 13.3. The number of halogens is 1. The van der Waals surface area contributed by atoms with Gasteiger partial charge in [0.25, 0.3) is 0 Å². The minimum atomic E-state index is 0. The van der Waals surface area contributed by atoms with Crippen LogP contribution in [0.3, 0.4) is 0 Å². The zero-order valence-electron chi connectivity index (χ0n) is 21.1. The Labute approximate surface area is 204 Å². The molecular weight excluding hydrogens is 454 g/mol. The Bertz CT molecular complexity index is 382. The van der Waals surface area contributed by atoms with E-state index >= 15 is 0 Å². The van der Waals surface area contributed by atoms with Crippen LogP contribution in [0.15, 0.2) is 0 Å². The summed E-state index contributed by atoms with van der Waals surface area (Å²) in [7, 11) is 4.42. The number of aliphatic hydroxyl groups is 1. The number of rotatable bonds is 21. The van der Waals surface area contributed by atoms with Crippen molar-refractivity contribution < 1.29 is 36.0 Å². The molecule has 0 aromatic rings. The normalized spacial score (nSPS) is 19.0. The van der Waals surface area contributed by atoms with Crippen molar-refractivity contribution in [1.29, 1.82) is 0 Å². The molecule has 188 valence electrons. The maximum Gasteiger partial charge on any atom is 0.158 e. The minimum absolute atomic E-state index is 0. The molecule has 0 aliphatic carbocycles. The SMILES string of the molecule is CCCCCCCCCCCCCCCCCC1OCC(C[N+](C)(C)CCCO)O1.[Br-]. The van der Waals surface area contributed by atoms with E-state index in [-0.39, 0.29) is 36.0 Å². The summed E-state index contributed by atoms with van der Waals surface area (Å²) in [6.07, 6.45) is 23.1. The molecule has 1 rings (SSSR count). The van der Waals surface area contributed by atoms with Gasteiger partial charge in [0, 0.05) is 13.0 Å². The molecule has 5 heteroatoms. The van der Waals surface area contributed by atoms with Gasteiger partial charge in [0.2, 0.25) is 0 Å². The molecule has 4 nitrogen and oxygen atoms in total. The number of hydrogen-bond acceptors (Lipinski definition) is 3. The van der Waals surface area contributed by atoms with Crippen LogP contribution >= 0.6 is 0 Å². The summed E-state index contributed by atoms with van der Waals surface area (Å²) in [4.78, 5) is 0. The molecule has 0 aromatic heterocycles. The number of aliphatic hydroxyl groups excluding tert-OH is 1. The molecule has 31 heavy (non-hydrogen) atoms. The molecule has 2 atom stereocenters. The van der Waals surface area contributed by atoms with Gasteiger partial charge in [-0.25, -0.2) is 0 Å². The van der Waals surface area contributed by atoms with E-state index in [1.165, 1.54) is 96.3 Å². The van der Waals surface area contributed by atoms with Gasteiger partial charge >= 0.3 is 0 Å². The number of likely N-dealkylation sites (N-methyl/N-ethyl adjacent to an activating group) is 1. The zero-order chi connectivity index (χ0) is 21.9. The number of quaternary nitrogens is 1. The molecule has 0 amide bonds. The van der Waals surface area contributed by atoms with Crippen molar-refractivity contribution in [2.24, 2.45) is 0 Å². The Morgan fingerprint density at radius 3 is 1.71 bits per heavy atom. The highest BCUT2D eigenvalue weighted by Gasteiger charge is 2.31. The lowest BCUT2D eigenvalue weighted by molar-refractivity contribution is -0.893. The zero-order valence-corrected chi connectivity index (χ0v) is 22.7. The van der Waals surface area contributed by atoms with E-state index in [9.17, 15) is 0 Å². The first-order chi connectivity index (χ1) is 14.6. The van der Waals surface area contributed by atoms with Crippen LogP contribution in [0.2, 0.25) is 0 Å². The Kier molecular flexibility index (Phi) is 21.1. The number of ether oxygens (including phenoxy) is 2. The van der Waals surface area contributed by atoms with Crippen molar-refractivity contribution in [3.63, 3.8) is 0 Å². The molecule has 1 fully saturated rings. The summed E-state index contributed by atoms with van der Waals surface area (Å²) in [5, 5.41) is 9.03. The van der Waals surface area contributed by atoms with E-state index in [4.69, 9.17) is 14.6 Å². The van der Waals surface area contributed by atoms with Crippen LogP contribution in [0.25, 0.3) is 0 Å². The fraction of sp³-hybridized carbons (Fsp3) is 1.00. The van der Waals surface area contributed by atoms with Crippen LogP contribution in [0, 0.1) is 0 Å². The van der Waals surface area contributed by atoms with Crippen molar-refractivity contribution in [3.05, 3.63) is 0 Å². The molecule has 0 aromatic carbocycles. The summed E-state index contributed by atoms with van der Waals surface area (Å²) in [6, 6.07) is 0. The highest BCUT2D eigenvalue weighted by Crippen LogP contribution is 2.20. The predicted molar refractivity (Wildman–Crippen MR) is 128 cm³/mol. The van der Waals surface area contributed by atoms with Crippen LogP contribution in [0.4, 0.5) is 0 Å². The summed E-state index contributed by atoms with van der Waals surface area (Å²) in [5.41, 5.74) is 0. The van der Waals surface area contributed by atoms with Gasteiger partial charge in [-0.3, -0.25) is 0 Å². The Morgan fingerprint density at radius 1 is 0.742 bits per heavy atom. The highest BCUT2D eigenvalue weighted by molar-refractivity contribution is 4.65. The summed E-state index contributed by atoms with van der Waals surface area (Å²) in [5.74, 6) is 0. The second-order valence-corrected chi connectivity index (χ2v) is 10.2. The van der Waals surface area contributed by atoms with Gasteiger partial charge in [0.05, 0.1) is 27.2 Å². The van der Waals surface area contributed by atoms with Crippen molar-refractivity contribution in [2.75, 3.05) is 40.4 Å². The second-order valence-electron chi connectivity index (χ2n) is 10.2. The van der Waals surface area contributed by atoms with Crippen molar-refractivity contribution in [3.8, 4) is 0 Å². The van der Waals surface area contributed by atoms with Crippen LogP contribution in [0.5, 0.6) is 0 Å². The maximum absolute atomic E-state index is 9.03. The number of nitrogens with zero attached hydrogens (tertiary/aromatic N) is 1. The number of hydrogen-bond donors (Lipinski definition) is 1. The molecule has 0 saturated carbocycles. The molecular formula is C26H54BrNO3. The molecule has 0 radical (unpaired) electrons. The van der Waals surface area contributed by atoms with E-state index in [1.807, 2.05) is 0 Å². The van der Waals surface area contributed by atoms with Crippen LogP contribution < -0.4 is 17.0 Å². The lowest BCUT2D eigenvalue weighted by Gasteiger charge is -2.31. The van der Waals surface area contributed by atoms with E-state index in [0.717, 1.165) is 37.0 Å². The predicted octanol–water partition coefficient (Wildman–Crippen LogP) is 3.45. The third-order valence-electron chi connectivity index (χ3n) is 6.48. The monoisotopic (exact) mass is 507 g/mol. The summed E-state index contributed by atoms with van der Waals surface area (Å²) < 4.78 is 12.8. The van der Waals surface area contributed by atoms with Crippen LogP contribution in [0.1, 0.15) is 116 Å². The standard InChI is InChI=1S/C26H54NO3.BrH/c1-4-5-6-7-8-9-10-11-12-13-14-15-16-17-18-20-26-29-24-25(30-26)23-27(2,3)21-19-22-28;/h25-26,28H,4-24H2,1-3H3;1H/q+1;/p-1. The second kappa shape index (κ2) is 20.9. The Hall–Kier alpha value is 0.320. The number of unbranched alkanes of at least 4 members (excludes halogenated alkanes) is 14. The average Bonchev–Trinajstić information content (AvgIpc) is 3.15. The smallest absolute Gasteiger partial charge is 0.158 e. The third kappa shape index (κ3) is 18.4. The molecule has 1 N–H and O–H groups in total. The molecule has 0 spiro atoms. The molecule has 1 heterocycles. The molecule has 1 saturated heterocycles. The first kappa shape index (κ1) is 31.3. The fourth-order valence-corrected chi connectivity index (χ4v) is 4.58. The Balaban J connectivity index is 0.00000900. The van der Waals surface area contributed by atoms with E-state index in [0.29, 0.717) is 0 Å². The maximum atomic E-state index is 9.03. The van der Waals surface area contributed by atoms with Crippen molar-refractivity contribution in [2.45, 2.75) is 128 Å². The Morgan fingerprint density at radius 2 is 1.23 bits per heavy atom. The fourth-order valence-electron chi connectivity index (χ4n) is 4.58. The molecule has 2 unspecified atom stereocenters. The van der Waals surface area contributed by atoms with Gasteiger partial charge in [-0.05, 0) is 12.8 Å². The lowest BCUT2D eigenvalue weighted by Crippen LogP contribution is -3.00. The van der Waals surface area contributed by atoms with E-state index in [1.54, 1.807) is 0 Å². The molecule has 1 aliphatic rings. The van der Waals surface area contributed by atoms with Gasteiger partial charge in [0.15, 0.2) is 6.29 Å². The minimum Gasteiger partial charge on any atom is -1.00 e. The van der Waals surface area contributed by atoms with Crippen LogP contribution in [-0.2, 0) is 9.47 Å². The third-order valence-corrected chi connectivity index (χ3v) is 6.48. The van der Waals surface area contributed by atoms with Gasteiger partial charge < -0.3 is 36.0 Å². The van der Waals surface area contributed by atoms with Crippen molar-refractivity contribution >= 4 is 0 Å². The van der Waals surface area contributed by atoms with Gasteiger partial charge in [-0.2, -0.15) is 0 Å².